The fourth-order valence-electron chi connectivity index (χ4n) is 1.47. The second kappa shape index (κ2) is 4.32. The van der Waals surface area contributed by atoms with E-state index in [1.807, 2.05) is 6.07 Å². The fraction of sp³-hybridized carbons (Fsp3) is 0.875. The Morgan fingerprint density at radius 1 is 1.73 bits per heavy atom. The smallest absolute Gasteiger partial charge is 0.0710 e. The Morgan fingerprint density at radius 3 is 3.09 bits per heavy atom. The van der Waals surface area contributed by atoms with Crippen LogP contribution in [-0.4, -0.2) is 24.3 Å². The second-order valence-electron chi connectivity index (χ2n) is 3.04. The van der Waals surface area contributed by atoms with Crippen LogP contribution in [0.25, 0.3) is 0 Å². The van der Waals surface area contributed by atoms with Crippen LogP contribution in [0, 0.1) is 17.2 Å². The molecule has 3 nitrogen and oxygen atoms in total. The first-order valence-electron chi connectivity index (χ1n) is 4.10. The lowest BCUT2D eigenvalue weighted by Crippen LogP contribution is -2.36. The van der Waals surface area contributed by atoms with Crippen LogP contribution in [-0.2, 0) is 0 Å². The molecule has 0 amide bonds. The molecule has 1 aliphatic heterocycles. The van der Waals surface area contributed by atoms with Gasteiger partial charge in [0.15, 0.2) is 0 Å². The van der Waals surface area contributed by atoms with Crippen molar-refractivity contribution in [3.63, 3.8) is 0 Å². The van der Waals surface area contributed by atoms with Gasteiger partial charge in [0.25, 0.3) is 0 Å². The van der Waals surface area contributed by atoms with E-state index in [2.05, 4.69) is 5.32 Å². The largest absolute Gasteiger partial charge is 0.392 e. The highest BCUT2D eigenvalue weighted by Crippen LogP contribution is 2.15. The number of nitrogens with one attached hydrogen (secondary N) is 1. The van der Waals surface area contributed by atoms with Crippen LogP contribution >= 0.6 is 0 Å². The highest BCUT2D eigenvalue weighted by atomic mass is 16.3. The lowest BCUT2D eigenvalue weighted by molar-refractivity contribution is 0.0960. The molecule has 0 radical (unpaired) electrons. The molecule has 1 aliphatic rings. The van der Waals surface area contributed by atoms with E-state index in [1.54, 1.807) is 0 Å². The minimum Gasteiger partial charge on any atom is -0.392 e. The monoisotopic (exact) mass is 154 g/mol. The van der Waals surface area contributed by atoms with Crippen molar-refractivity contribution in [2.24, 2.45) is 5.92 Å². The van der Waals surface area contributed by atoms with E-state index in [9.17, 15) is 5.11 Å². The summed E-state index contributed by atoms with van der Waals surface area (Å²) in [6.45, 7) is 1.92. The van der Waals surface area contributed by atoms with Crippen molar-refractivity contribution in [2.45, 2.75) is 25.4 Å². The molecule has 1 fully saturated rings. The highest BCUT2D eigenvalue weighted by Gasteiger charge is 2.20. The van der Waals surface area contributed by atoms with E-state index in [-0.39, 0.29) is 6.42 Å². The van der Waals surface area contributed by atoms with Crippen molar-refractivity contribution in [1.29, 1.82) is 5.26 Å². The molecule has 2 N–H and O–H groups in total. The third-order valence-corrected chi connectivity index (χ3v) is 2.18. The molecular weight excluding hydrogens is 140 g/mol. The van der Waals surface area contributed by atoms with E-state index >= 15 is 0 Å². The van der Waals surface area contributed by atoms with Crippen molar-refractivity contribution in [3.05, 3.63) is 0 Å². The number of piperidine rings is 1. The number of hydrogen-bond donors (Lipinski definition) is 2. The Labute approximate surface area is 67.0 Å². The van der Waals surface area contributed by atoms with E-state index in [4.69, 9.17) is 5.26 Å². The van der Waals surface area contributed by atoms with Gasteiger partial charge in [-0.2, -0.15) is 5.26 Å². The van der Waals surface area contributed by atoms with Gasteiger partial charge >= 0.3 is 0 Å². The Balaban J connectivity index is 2.27. The summed E-state index contributed by atoms with van der Waals surface area (Å²) in [4.78, 5) is 0. The van der Waals surface area contributed by atoms with Gasteiger partial charge in [-0.3, -0.25) is 0 Å². The maximum atomic E-state index is 9.41. The molecule has 1 rings (SSSR count). The van der Waals surface area contributed by atoms with Crippen molar-refractivity contribution >= 4 is 0 Å². The fourth-order valence-corrected chi connectivity index (χ4v) is 1.47. The molecule has 0 spiro atoms. The normalized spacial score (nSPS) is 27.5. The molecule has 0 aliphatic carbocycles. The molecule has 11 heavy (non-hydrogen) atoms. The van der Waals surface area contributed by atoms with Crippen molar-refractivity contribution in [2.75, 3.05) is 13.1 Å². The van der Waals surface area contributed by atoms with E-state index in [0.717, 1.165) is 25.9 Å². The molecular formula is C8H14N2O. The van der Waals surface area contributed by atoms with Crippen molar-refractivity contribution in [3.8, 4) is 6.07 Å². The van der Waals surface area contributed by atoms with E-state index in [0.29, 0.717) is 5.92 Å². The summed E-state index contributed by atoms with van der Waals surface area (Å²) in [6.07, 6.45) is 2.02. The quantitative estimate of drug-likeness (QED) is 0.600. The van der Waals surface area contributed by atoms with Gasteiger partial charge in [-0.15, -0.1) is 0 Å². The maximum absolute atomic E-state index is 9.41. The van der Waals surface area contributed by atoms with Gasteiger partial charge in [-0.25, -0.2) is 0 Å². The molecule has 1 heterocycles. The molecule has 0 bridgehead atoms. The van der Waals surface area contributed by atoms with Crippen LogP contribution in [0.5, 0.6) is 0 Å². The summed E-state index contributed by atoms with van der Waals surface area (Å²) in [5.74, 6) is 0.295. The predicted molar refractivity (Wildman–Crippen MR) is 41.8 cm³/mol. The second-order valence-corrected chi connectivity index (χ2v) is 3.04. The first-order valence-corrected chi connectivity index (χ1v) is 4.10. The first-order chi connectivity index (χ1) is 5.34. The van der Waals surface area contributed by atoms with Gasteiger partial charge in [-0.05, 0) is 25.3 Å². The Bertz CT molecular complexity index is 147. The molecule has 0 aromatic carbocycles. The zero-order chi connectivity index (χ0) is 8.10. The summed E-state index contributed by atoms with van der Waals surface area (Å²) in [6, 6.07) is 1.99. The van der Waals surface area contributed by atoms with Gasteiger partial charge in [0.2, 0.25) is 0 Å². The van der Waals surface area contributed by atoms with Gasteiger partial charge in [0, 0.05) is 6.54 Å². The number of hydrogen-bond acceptors (Lipinski definition) is 3. The SMILES string of the molecule is N#CCC(O)C1CCCNC1. The minimum atomic E-state index is -0.423. The van der Waals surface area contributed by atoms with Crippen LogP contribution in [0.2, 0.25) is 0 Å². The number of aliphatic hydroxyl groups excluding tert-OH is 1. The van der Waals surface area contributed by atoms with Gasteiger partial charge in [0.05, 0.1) is 18.6 Å². The number of rotatable bonds is 2. The van der Waals surface area contributed by atoms with Crippen LogP contribution < -0.4 is 5.32 Å². The zero-order valence-electron chi connectivity index (χ0n) is 6.58. The topological polar surface area (TPSA) is 56.0 Å². The van der Waals surface area contributed by atoms with Gasteiger partial charge < -0.3 is 10.4 Å². The molecule has 1 saturated heterocycles. The number of aliphatic hydroxyl groups is 1. The van der Waals surface area contributed by atoms with Crippen LogP contribution in [0.1, 0.15) is 19.3 Å². The van der Waals surface area contributed by atoms with Crippen LogP contribution in [0.4, 0.5) is 0 Å². The molecule has 2 atom stereocenters. The number of nitriles is 1. The average molecular weight is 154 g/mol. The predicted octanol–water partition coefficient (Wildman–Crippen LogP) is 0.261. The summed E-state index contributed by atoms with van der Waals surface area (Å²) < 4.78 is 0. The molecule has 2 unspecified atom stereocenters. The van der Waals surface area contributed by atoms with Crippen LogP contribution in [0.15, 0.2) is 0 Å². The van der Waals surface area contributed by atoms with E-state index < -0.39 is 6.10 Å². The third-order valence-electron chi connectivity index (χ3n) is 2.18. The lowest BCUT2D eigenvalue weighted by Gasteiger charge is -2.25. The summed E-state index contributed by atoms with van der Waals surface area (Å²) in [5, 5.41) is 21.0. The third kappa shape index (κ3) is 2.49. The summed E-state index contributed by atoms with van der Waals surface area (Å²) in [5.41, 5.74) is 0. The zero-order valence-corrected chi connectivity index (χ0v) is 6.58. The average Bonchev–Trinajstić information content (AvgIpc) is 2.07. The standard InChI is InChI=1S/C8H14N2O/c9-4-3-8(11)7-2-1-5-10-6-7/h7-8,10-11H,1-3,5-6H2. The molecule has 0 aromatic heterocycles. The Hall–Kier alpha value is -0.590. The summed E-state index contributed by atoms with van der Waals surface area (Å²) in [7, 11) is 0. The Kier molecular flexibility index (Phi) is 3.34. The molecule has 0 aromatic rings. The molecule has 3 heteroatoms. The highest BCUT2D eigenvalue weighted by molar-refractivity contribution is 4.83. The minimum absolute atomic E-state index is 0.270. The first kappa shape index (κ1) is 8.51. The van der Waals surface area contributed by atoms with Gasteiger partial charge in [0.1, 0.15) is 0 Å². The van der Waals surface area contributed by atoms with Crippen LogP contribution in [0.3, 0.4) is 0 Å². The molecule has 62 valence electrons. The lowest BCUT2D eigenvalue weighted by atomic mass is 9.92. The Morgan fingerprint density at radius 2 is 2.55 bits per heavy atom. The van der Waals surface area contributed by atoms with E-state index in [1.165, 1.54) is 0 Å². The maximum Gasteiger partial charge on any atom is 0.0710 e. The molecule has 0 saturated carbocycles. The number of nitrogens with zero attached hydrogens (tertiary/aromatic N) is 1. The summed E-state index contributed by atoms with van der Waals surface area (Å²) >= 11 is 0. The van der Waals surface area contributed by atoms with Crippen molar-refractivity contribution < 1.29 is 5.11 Å². The van der Waals surface area contributed by atoms with Crippen molar-refractivity contribution in [1.82, 2.24) is 5.32 Å². The van der Waals surface area contributed by atoms with Gasteiger partial charge in [-0.1, -0.05) is 0 Å².